The molecular weight excluding hydrogens is 187 g/mol. The fraction of sp³-hybridized carbons (Fsp3) is 0.364. The quantitative estimate of drug-likeness (QED) is 0.719. The van der Waals surface area contributed by atoms with Gasteiger partial charge in [-0.15, -0.1) is 0 Å². The van der Waals surface area contributed by atoms with Crippen LogP contribution in [-0.2, 0) is 0 Å². The van der Waals surface area contributed by atoms with Gasteiger partial charge in [0.25, 0.3) is 7.41 Å². The lowest BCUT2D eigenvalue weighted by Crippen LogP contribution is -2.45. The van der Waals surface area contributed by atoms with Crippen molar-refractivity contribution in [3.05, 3.63) is 35.9 Å². The number of aliphatic hydroxyl groups is 1. The van der Waals surface area contributed by atoms with Gasteiger partial charge in [0.2, 0.25) is 0 Å². The Morgan fingerprint density at radius 3 is 2.53 bits per heavy atom. The summed E-state index contributed by atoms with van der Waals surface area (Å²) in [6.45, 7) is 0.609. The van der Waals surface area contributed by atoms with E-state index in [-0.39, 0.29) is 0 Å². The normalized spacial score (nSPS) is 13.2. The van der Waals surface area contributed by atoms with Crippen LogP contribution in [0.5, 0.6) is 0 Å². The average Bonchev–Trinajstić information content (AvgIpc) is 2.18. The molecule has 0 spiro atoms. The maximum Gasteiger partial charge on any atom is 0.281 e. The summed E-state index contributed by atoms with van der Waals surface area (Å²) in [7, 11) is 3.30. The Morgan fingerprint density at radius 2 is 2.00 bits per heavy atom. The Bertz CT molecular complexity index is 345. The van der Waals surface area contributed by atoms with E-state index in [0.29, 0.717) is 10.9 Å². The first kappa shape index (κ1) is 11.8. The summed E-state index contributed by atoms with van der Waals surface area (Å²) in [5.74, 6) is 2.25. The van der Waals surface area contributed by atoms with Crippen molar-refractivity contribution in [1.82, 2.24) is 0 Å². The first-order valence-electron chi connectivity index (χ1n) is 5.25. The standard InChI is InChI=1S/C11H17BN2O/c1-14(2,12-9-13)8-11(15)10-6-4-3-5-7-10/h3-7,11,15H,8,12H2,1-2H3. The van der Waals surface area contributed by atoms with Gasteiger partial charge in [-0.05, 0) is 5.56 Å². The summed E-state index contributed by atoms with van der Waals surface area (Å²) in [5.41, 5.74) is 0.924. The zero-order valence-corrected chi connectivity index (χ0v) is 9.51. The van der Waals surface area contributed by atoms with Crippen molar-refractivity contribution in [2.75, 3.05) is 20.6 Å². The Balaban J connectivity index is 2.64. The highest BCUT2D eigenvalue weighted by atomic mass is 16.3. The SMILES string of the molecule is C[N+](C)([BH2-]C#N)CC(O)c1ccccc1. The maximum absolute atomic E-state index is 9.98. The number of quaternary nitrogens is 1. The largest absolute Gasteiger partial charge is 0.511 e. The van der Waals surface area contributed by atoms with Crippen LogP contribution in [-0.4, -0.2) is 37.6 Å². The highest BCUT2D eigenvalue weighted by Gasteiger charge is 2.16. The van der Waals surface area contributed by atoms with E-state index in [4.69, 9.17) is 5.26 Å². The van der Waals surface area contributed by atoms with Crippen LogP contribution >= 0.6 is 0 Å². The smallest absolute Gasteiger partial charge is 0.281 e. The molecule has 0 amide bonds. The molecule has 0 aliphatic carbocycles. The highest BCUT2D eigenvalue weighted by molar-refractivity contribution is 6.36. The molecule has 0 bridgehead atoms. The first-order valence-corrected chi connectivity index (χ1v) is 5.25. The van der Waals surface area contributed by atoms with Gasteiger partial charge in [0, 0.05) is 14.1 Å². The molecule has 1 unspecified atom stereocenters. The zero-order chi connectivity index (χ0) is 11.3. The molecule has 0 aromatic heterocycles. The van der Waals surface area contributed by atoms with Gasteiger partial charge in [-0.1, -0.05) is 36.3 Å². The molecule has 1 rings (SSSR count). The van der Waals surface area contributed by atoms with Crippen LogP contribution in [0.2, 0.25) is 0 Å². The molecule has 0 aliphatic rings. The number of aliphatic hydroxyl groups excluding tert-OH is 1. The Hall–Kier alpha value is -1.31. The lowest BCUT2D eigenvalue weighted by molar-refractivity contribution is -0.782. The van der Waals surface area contributed by atoms with Gasteiger partial charge >= 0.3 is 0 Å². The van der Waals surface area contributed by atoms with E-state index in [0.717, 1.165) is 5.56 Å². The third kappa shape index (κ3) is 3.74. The van der Waals surface area contributed by atoms with Crippen molar-refractivity contribution >= 4 is 7.41 Å². The molecule has 4 heteroatoms. The van der Waals surface area contributed by atoms with E-state index < -0.39 is 13.5 Å². The zero-order valence-electron chi connectivity index (χ0n) is 9.51. The van der Waals surface area contributed by atoms with Gasteiger partial charge in [0.1, 0.15) is 6.10 Å². The topological polar surface area (TPSA) is 44.0 Å². The second-order valence-corrected chi connectivity index (χ2v) is 4.85. The van der Waals surface area contributed by atoms with E-state index in [1.165, 1.54) is 0 Å². The molecule has 0 saturated carbocycles. The van der Waals surface area contributed by atoms with Crippen molar-refractivity contribution in [3.8, 4) is 5.97 Å². The molecule has 3 nitrogen and oxygen atoms in total. The highest BCUT2D eigenvalue weighted by Crippen LogP contribution is 2.14. The van der Waals surface area contributed by atoms with Crippen LogP contribution in [0.4, 0.5) is 0 Å². The molecule has 15 heavy (non-hydrogen) atoms. The number of hydrogen-bond donors (Lipinski definition) is 1. The molecule has 1 aromatic rings. The van der Waals surface area contributed by atoms with Crippen LogP contribution in [0, 0.1) is 11.2 Å². The van der Waals surface area contributed by atoms with Crippen LogP contribution in [0.1, 0.15) is 11.7 Å². The second-order valence-electron chi connectivity index (χ2n) is 4.85. The molecule has 80 valence electrons. The Labute approximate surface area is 91.4 Å². The second kappa shape index (κ2) is 4.97. The van der Waals surface area contributed by atoms with Crippen LogP contribution in [0.15, 0.2) is 30.3 Å². The minimum absolute atomic E-state index is 0.474. The van der Waals surface area contributed by atoms with Gasteiger partial charge in [-0.3, -0.25) is 0 Å². The number of nitrogens with zero attached hydrogens (tertiary/aromatic N) is 2. The van der Waals surface area contributed by atoms with Crippen LogP contribution in [0.3, 0.4) is 0 Å². The van der Waals surface area contributed by atoms with Crippen molar-refractivity contribution in [3.63, 3.8) is 0 Å². The molecule has 0 fully saturated rings. The van der Waals surface area contributed by atoms with Crippen molar-refractivity contribution < 1.29 is 9.50 Å². The predicted octanol–water partition coefficient (Wildman–Crippen LogP) is 0.361. The van der Waals surface area contributed by atoms with Gasteiger partial charge in [-0.25, -0.2) is 5.26 Å². The number of rotatable bonds is 4. The minimum Gasteiger partial charge on any atom is -0.511 e. The third-order valence-electron chi connectivity index (χ3n) is 2.61. The number of nitriles is 1. The van der Waals surface area contributed by atoms with Crippen molar-refractivity contribution in [2.45, 2.75) is 6.10 Å². The van der Waals surface area contributed by atoms with Gasteiger partial charge in [0.05, 0.1) is 6.54 Å². The molecule has 1 aromatic carbocycles. The van der Waals surface area contributed by atoms with Crippen molar-refractivity contribution in [1.29, 1.82) is 5.26 Å². The van der Waals surface area contributed by atoms with E-state index in [1.54, 1.807) is 0 Å². The monoisotopic (exact) mass is 204 g/mol. The number of likely N-dealkylation sites (N-methyl/N-ethyl adjacent to an activating group) is 1. The fourth-order valence-corrected chi connectivity index (χ4v) is 1.66. The first-order chi connectivity index (χ1) is 7.05. The Morgan fingerprint density at radius 1 is 1.40 bits per heavy atom. The molecule has 0 heterocycles. The molecule has 1 N–H and O–H groups in total. The molecule has 0 aliphatic heterocycles. The van der Waals surface area contributed by atoms with E-state index in [1.807, 2.05) is 44.4 Å². The molecular formula is C11H17BN2O. The number of benzene rings is 1. The van der Waals surface area contributed by atoms with E-state index in [2.05, 4.69) is 5.97 Å². The molecule has 0 saturated heterocycles. The summed E-state index contributed by atoms with van der Waals surface area (Å²) >= 11 is 0. The lowest BCUT2D eigenvalue weighted by Gasteiger charge is -2.38. The third-order valence-corrected chi connectivity index (χ3v) is 2.61. The maximum atomic E-state index is 9.98. The summed E-state index contributed by atoms with van der Waals surface area (Å²) < 4.78 is 0.632. The lowest BCUT2D eigenvalue weighted by atomic mass is 9.90. The Kier molecular flexibility index (Phi) is 3.90. The van der Waals surface area contributed by atoms with E-state index in [9.17, 15) is 5.11 Å². The van der Waals surface area contributed by atoms with Gasteiger partial charge < -0.3 is 9.50 Å². The molecule has 1 atom stereocenters. The summed E-state index contributed by atoms with van der Waals surface area (Å²) in [5, 5.41) is 18.7. The summed E-state index contributed by atoms with van der Waals surface area (Å²) in [4.78, 5) is 0. The minimum atomic E-state index is -0.693. The van der Waals surface area contributed by atoms with Gasteiger partial charge in [-0.2, -0.15) is 0 Å². The van der Waals surface area contributed by atoms with Crippen molar-refractivity contribution in [2.24, 2.45) is 0 Å². The summed E-state index contributed by atoms with van der Waals surface area (Å²) in [6, 6.07) is 9.59. The summed E-state index contributed by atoms with van der Waals surface area (Å²) in [6.07, 6.45) is -0.474. The predicted molar refractivity (Wildman–Crippen MR) is 62.5 cm³/mol. The van der Waals surface area contributed by atoms with Crippen LogP contribution in [0.25, 0.3) is 0 Å². The van der Waals surface area contributed by atoms with E-state index >= 15 is 0 Å². The van der Waals surface area contributed by atoms with Crippen LogP contribution < -0.4 is 0 Å². The molecule has 0 radical (unpaired) electrons. The average molecular weight is 204 g/mol. The fourth-order valence-electron chi connectivity index (χ4n) is 1.66. The van der Waals surface area contributed by atoms with Gasteiger partial charge in [0.15, 0.2) is 0 Å². The number of hydrogen-bond acceptors (Lipinski definition) is 2.